The summed E-state index contributed by atoms with van der Waals surface area (Å²) in [7, 11) is 1.42. The molecule has 9 atom stereocenters. The van der Waals surface area contributed by atoms with E-state index in [0.717, 1.165) is 6.21 Å². The zero-order valence-electron chi connectivity index (χ0n) is 34.7. The number of esters is 1. The number of anilines is 1. The molecule has 15 nitrogen and oxygen atoms in total. The molecule has 3 aliphatic heterocycles. The van der Waals surface area contributed by atoms with Crippen LogP contribution >= 0.6 is 0 Å². The minimum Gasteiger partial charge on any atom is -0.507 e. The topological polar surface area (TPSA) is 223 Å². The van der Waals surface area contributed by atoms with Crippen molar-refractivity contribution in [3.8, 4) is 23.0 Å². The molecule has 3 heterocycles. The standard InChI is InChI=1S/C43H56N2O13/c1-12-20(2)19-56-44-18-28-33-38(51)31-30(37(28)50)32-40(26(8)36(31)49)58-43(10,41(32)52)55-17-16-29(54-11)23(5)39(57-27(9)46)25(7)35(48)24(6)34(47)21(3)14-13-15-22(4)42(53)45-33/h13-18,21,23-25,29,34-35,39,47-51H,2,12,19H2,1,3-11H3,(H,45,53)/b14-13+,17-16+,22-15+,44-18+. The number of nitrogens with one attached hydrogen (secondary N) is 1. The zero-order chi connectivity index (χ0) is 43.4. The summed E-state index contributed by atoms with van der Waals surface area (Å²) in [6.07, 6.45) is 5.07. The number of phenolic OH excluding ortho intramolecular Hbond substituents is 3. The van der Waals surface area contributed by atoms with Gasteiger partial charge >= 0.3 is 11.8 Å². The Morgan fingerprint density at radius 2 is 1.67 bits per heavy atom. The first kappa shape index (κ1) is 45.3. The van der Waals surface area contributed by atoms with E-state index in [2.05, 4.69) is 17.1 Å². The monoisotopic (exact) mass is 808 g/mol. The van der Waals surface area contributed by atoms with Gasteiger partial charge in [-0.25, -0.2) is 0 Å². The van der Waals surface area contributed by atoms with Crippen LogP contribution in [-0.4, -0.2) is 93.3 Å². The smallest absolute Gasteiger partial charge is 0.312 e. The van der Waals surface area contributed by atoms with Gasteiger partial charge < -0.3 is 54.6 Å². The number of phenols is 3. The lowest BCUT2D eigenvalue weighted by Crippen LogP contribution is -2.46. The van der Waals surface area contributed by atoms with Crippen molar-refractivity contribution < 1.29 is 63.7 Å². The number of carbonyl (C=O) groups is 3. The molecule has 2 aromatic carbocycles. The van der Waals surface area contributed by atoms with E-state index in [4.69, 9.17) is 23.8 Å². The van der Waals surface area contributed by atoms with E-state index < -0.39 is 88.8 Å². The van der Waals surface area contributed by atoms with Crippen LogP contribution in [-0.2, 0) is 28.6 Å². The second kappa shape index (κ2) is 18.5. The number of hydrogen-bond acceptors (Lipinski definition) is 14. The van der Waals surface area contributed by atoms with Gasteiger partial charge in [0.25, 0.3) is 11.7 Å². The number of ketones is 1. The number of nitrogens with zero attached hydrogens (tertiary/aromatic N) is 1. The maximum atomic E-state index is 14.3. The normalized spacial score (nSPS) is 30.3. The third kappa shape index (κ3) is 9.01. The highest BCUT2D eigenvalue weighted by Gasteiger charge is 2.50. The lowest BCUT2D eigenvalue weighted by atomic mass is 9.78. The average molecular weight is 809 g/mol. The lowest BCUT2D eigenvalue weighted by Gasteiger charge is -2.38. The molecule has 15 heteroatoms. The van der Waals surface area contributed by atoms with Crippen molar-refractivity contribution in [2.45, 2.75) is 98.9 Å². The second-order valence-electron chi connectivity index (χ2n) is 15.2. The van der Waals surface area contributed by atoms with Gasteiger partial charge in [0.2, 0.25) is 0 Å². The number of aliphatic hydroxyl groups excluding tert-OH is 2. The Labute approximate surface area is 338 Å². The van der Waals surface area contributed by atoms with Gasteiger partial charge in [-0.2, -0.15) is 0 Å². The van der Waals surface area contributed by atoms with Crippen molar-refractivity contribution in [3.05, 3.63) is 65.0 Å². The fraction of sp³-hybridized carbons (Fsp3) is 0.488. The third-order valence-corrected chi connectivity index (χ3v) is 11.1. The van der Waals surface area contributed by atoms with Crippen molar-refractivity contribution in [2.24, 2.45) is 28.8 Å². The first-order chi connectivity index (χ1) is 27.2. The van der Waals surface area contributed by atoms with Crippen LogP contribution in [0.5, 0.6) is 23.0 Å². The van der Waals surface area contributed by atoms with Crippen molar-refractivity contribution in [3.63, 3.8) is 0 Å². The molecule has 316 valence electrons. The molecule has 0 radical (unpaired) electrons. The van der Waals surface area contributed by atoms with Crippen LogP contribution in [0.4, 0.5) is 5.69 Å². The predicted molar refractivity (Wildman–Crippen MR) is 217 cm³/mol. The summed E-state index contributed by atoms with van der Waals surface area (Å²) >= 11 is 0. The Morgan fingerprint density at radius 3 is 2.29 bits per heavy atom. The molecular formula is C43H56N2O13. The number of methoxy groups -OCH3 is 1. The molecule has 58 heavy (non-hydrogen) atoms. The highest BCUT2D eigenvalue weighted by Crippen LogP contribution is 2.55. The first-order valence-corrected chi connectivity index (χ1v) is 19.1. The molecular weight excluding hydrogens is 752 g/mol. The molecule has 3 aliphatic rings. The van der Waals surface area contributed by atoms with Gasteiger partial charge in [0.05, 0.1) is 53.0 Å². The number of aliphatic hydroxyl groups is 2. The number of oxime groups is 1. The van der Waals surface area contributed by atoms with Crippen LogP contribution in [0.1, 0.15) is 83.3 Å². The van der Waals surface area contributed by atoms with E-state index in [0.29, 0.717) is 12.0 Å². The molecule has 9 unspecified atom stereocenters. The maximum absolute atomic E-state index is 14.3. The van der Waals surface area contributed by atoms with Crippen LogP contribution < -0.4 is 10.1 Å². The van der Waals surface area contributed by atoms with Crippen LogP contribution in [0.15, 0.2) is 53.4 Å². The maximum Gasteiger partial charge on any atom is 0.312 e. The number of allylic oxidation sites excluding steroid dienone is 2. The summed E-state index contributed by atoms with van der Waals surface area (Å²) in [5.41, 5.74) is 0.0454. The quantitative estimate of drug-likeness (QED) is 0.0467. The summed E-state index contributed by atoms with van der Waals surface area (Å²) in [6, 6.07) is 0. The highest BCUT2D eigenvalue weighted by atomic mass is 16.7. The Balaban J connectivity index is 1.97. The number of Topliss-reactive ketones (excluding diaryl/α,β-unsaturated/α-hetero) is 1. The van der Waals surface area contributed by atoms with Crippen LogP contribution in [0.25, 0.3) is 10.8 Å². The molecule has 2 aromatic rings. The fourth-order valence-corrected chi connectivity index (χ4v) is 7.19. The van der Waals surface area contributed by atoms with E-state index >= 15 is 0 Å². The van der Waals surface area contributed by atoms with Gasteiger partial charge in [-0.15, -0.1) is 0 Å². The number of benzene rings is 2. The summed E-state index contributed by atoms with van der Waals surface area (Å²) in [6.45, 7) is 18.2. The van der Waals surface area contributed by atoms with Crippen LogP contribution in [0.3, 0.4) is 0 Å². The number of rotatable bonds is 7. The molecule has 6 N–H and O–H groups in total. The molecule has 5 bridgehead atoms. The number of ether oxygens (including phenoxy) is 4. The van der Waals surface area contributed by atoms with Gasteiger partial charge in [-0.1, -0.05) is 64.6 Å². The minimum atomic E-state index is -2.07. The minimum absolute atomic E-state index is 0.0272. The molecule has 0 spiro atoms. The van der Waals surface area contributed by atoms with Crippen molar-refractivity contribution in [2.75, 3.05) is 19.0 Å². The van der Waals surface area contributed by atoms with Crippen LogP contribution in [0, 0.1) is 30.6 Å². The van der Waals surface area contributed by atoms with Crippen molar-refractivity contribution in [1.29, 1.82) is 0 Å². The Kier molecular flexibility index (Phi) is 14.4. The summed E-state index contributed by atoms with van der Waals surface area (Å²) in [5.74, 6) is -8.72. The molecule has 1 amide bonds. The average Bonchev–Trinajstić information content (AvgIpc) is 3.45. The van der Waals surface area contributed by atoms with Gasteiger partial charge in [0.1, 0.15) is 30.0 Å². The largest absolute Gasteiger partial charge is 0.507 e. The number of fused-ring (bicyclic) bond motifs is 14. The SMILES string of the molecule is C=C(CC)CO/N=C/c1c2c(O)c3c(O)c(C)c4c(c3c1O)C(=O)C(C)(O/C=C/C(OC)C(C)C(OC(C)=O)C(C)C(O)C(C)C(O)C(C)/C=C/C=C(\C)C(=O)N2)O4. The van der Waals surface area contributed by atoms with Crippen molar-refractivity contribution >= 4 is 40.3 Å². The van der Waals surface area contributed by atoms with Gasteiger partial charge in [-0.05, 0) is 31.9 Å². The first-order valence-electron chi connectivity index (χ1n) is 19.1. The predicted octanol–water partition coefficient (Wildman–Crippen LogP) is 6.07. The molecule has 0 aromatic heterocycles. The number of hydrogen-bond donors (Lipinski definition) is 6. The Morgan fingerprint density at radius 1 is 1.00 bits per heavy atom. The van der Waals surface area contributed by atoms with Crippen molar-refractivity contribution in [1.82, 2.24) is 0 Å². The van der Waals surface area contributed by atoms with Gasteiger partial charge in [0, 0.05) is 61.2 Å². The molecule has 0 fully saturated rings. The van der Waals surface area contributed by atoms with E-state index in [1.165, 1.54) is 53.2 Å². The number of amides is 1. The number of aromatic hydroxyl groups is 3. The van der Waals surface area contributed by atoms with E-state index in [1.807, 2.05) is 6.92 Å². The van der Waals surface area contributed by atoms with Crippen LogP contribution in [0.2, 0.25) is 0 Å². The number of carbonyl (C=O) groups excluding carboxylic acids is 3. The zero-order valence-corrected chi connectivity index (χ0v) is 34.7. The highest BCUT2D eigenvalue weighted by molar-refractivity contribution is 6.23. The third-order valence-electron chi connectivity index (χ3n) is 11.1. The second-order valence-corrected chi connectivity index (χ2v) is 15.2. The summed E-state index contributed by atoms with van der Waals surface area (Å²) < 4.78 is 23.5. The summed E-state index contributed by atoms with van der Waals surface area (Å²) in [5, 5.41) is 63.8. The molecule has 0 saturated heterocycles. The lowest BCUT2D eigenvalue weighted by molar-refractivity contribution is -0.160. The molecule has 5 rings (SSSR count). The van der Waals surface area contributed by atoms with Gasteiger partial charge in [-0.3, -0.25) is 14.4 Å². The fourth-order valence-electron chi connectivity index (χ4n) is 7.19. The van der Waals surface area contributed by atoms with E-state index in [1.54, 1.807) is 39.8 Å². The summed E-state index contributed by atoms with van der Waals surface area (Å²) in [4.78, 5) is 45.6. The van der Waals surface area contributed by atoms with Gasteiger partial charge in [0.15, 0.2) is 5.75 Å². The molecule has 0 saturated carbocycles. The molecule has 0 aliphatic carbocycles. The Hall–Kier alpha value is -5.38. The Bertz CT molecular complexity index is 2050. The van der Waals surface area contributed by atoms with E-state index in [9.17, 15) is 39.9 Å². The van der Waals surface area contributed by atoms with E-state index in [-0.39, 0.29) is 51.1 Å².